The first-order chi connectivity index (χ1) is 7.51. The number of hydrogen-bond acceptors (Lipinski definition) is 2. The van der Waals surface area contributed by atoms with Gasteiger partial charge in [-0.3, -0.25) is 0 Å². The van der Waals surface area contributed by atoms with Gasteiger partial charge in [0.25, 0.3) is 0 Å². The maximum Gasteiger partial charge on any atom is 0.367 e. The van der Waals surface area contributed by atoms with Crippen LogP contribution in [0.3, 0.4) is 0 Å². The van der Waals surface area contributed by atoms with Crippen molar-refractivity contribution in [2.45, 2.75) is 51.0 Å². The largest absolute Gasteiger partial charge is 0.454 e. The first-order valence-electron chi connectivity index (χ1n) is 6.08. The zero-order valence-corrected chi connectivity index (χ0v) is 9.80. The van der Waals surface area contributed by atoms with Crippen LogP contribution in [-0.2, 0) is 9.53 Å². The van der Waals surface area contributed by atoms with E-state index in [0.29, 0.717) is 11.8 Å². The van der Waals surface area contributed by atoms with Crippen molar-refractivity contribution in [1.29, 1.82) is 0 Å². The zero-order valence-electron chi connectivity index (χ0n) is 9.80. The van der Waals surface area contributed by atoms with E-state index in [0.717, 1.165) is 25.7 Å². The van der Waals surface area contributed by atoms with Gasteiger partial charge in [0.2, 0.25) is 5.83 Å². The molecule has 3 heteroatoms. The molecule has 2 fully saturated rings. The van der Waals surface area contributed by atoms with Crippen molar-refractivity contribution in [2.24, 2.45) is 11.8 Å². The molecule has 0 saturated heterocycles. The second kappa shape index (κ2) is 4.19. The Morgan fingerprint density at radius 2 is 2.25 bits per heavy atom. The molecule has 2 bridgehead atoms. The molecule has 2 nitrogen and oxygen atoms in total. The Balaban J connectivity index is 2.09. The standard InChI is InChI=1S/C13H19FO2/c1-9-6-11-4-3-5-13(7-9,8-11)16-12(15)10(2)14/h9,11H,2-8H2,1H3. The number of esters is 1. The van der Waals surface area contributed by atoms with E-state index in [1.165, 1.54) is 12.8 Å². The van der Waals surface area contributed by atoms with Crippen LogP contribution >= 0.6 is 0 Å². The van der Waals surface area contributed by atoms with Crippen molar-refractivity contribution in [1.82, 2.24) is 0 Å². The van der Waals surface area contributed by atoms with Crippen LogP contribution in [0.4, 0.5) is 4.39 Å². The number of hydrogen-bond donors (Lipinski definition) is 0. The van der Waals surface area contributed by atoms with Gasteiger partial charge in [-0.25, -0.2) is 4.79 Å². The summed E-state index contributed by atoms with van der Waals surface area (Å²) in [7, 11) is 0. The third kappa shape index (κ3) is 2.28. The van der Waals surface area contributed by atoms with Crippen molar-refractivity contribution in [3.8, 4) is 0 Å². The molecule has 16 heavy (non-hydrogen) atoms. The Hall–Kier alpha value is -0.860. The van der Waals surface area contributed by atoms with E-state index in [4.69, 9.17) is 4.74 Å². The number of fused-ring (bicyclic) bond motifs is 2. The van der Waals surface area contributed by atoms with E-state index in [1.807, 2.05) is 0 Å². The molecule has 0 spiro atoms. The number of ether oxygens (including phenoxy) is 1. The molecule has 3 unspecified atom stereocenters. The molecule has 90 valence electrons. The first kappa shape index (κ1) is 11.6. The normalized spacial score (nSPS) is 37.9. The van der Waals surface area contributed by atoms with E-state index in [-0.39, 0.29) is 0 Å². The molecule has 0 aliphatic heterocycles. The van der Waals surface area contributed by atoms with Crippen LogP contribution in [0, 0.1) is 11.8 Å². The number of halogens is 1. The lowest BCUT2D eigenvalue weighted by Crippen LogP contribution is -2.45. The van der Waals surface area contributed by atoms with Crippen LogP contribution in [0.2, 0.25) is 0 Å². The topological polar surface area (TPSA) is 26.3 Å². The van der Waals surface area contributed by atoms with Crippen LogP contribution < -0.4 is 0 Å². The van der Waals surface area contributed by atoms with Gasteiger partial charge in [0.15, 0.2) is 0 Å². The molecule has 2 aliphatic rings. The molecule has 2 rings (SSSR count). The predicted octanol–water partition coefficient (Wildman–Crippen LogP) is 3.37. The van der Waals surface area contributed by atoms with E-state index in [2.05, 4.69) is 13.5 Å². The van der Waals surface area contributed by atoms with Gasteiger partial charge < -0.3 is 4.74 Å². The molecule has 0 heterocycles. The third-order valence-corrected chi connectivity index (χ3v) is 3.89. The summed E-state index contributed by atoms with van der Waals surface area (Å²) in [4.78, 5) is 11.3. The third-order valence-electron chi connectivity index (χ3n) is 3.89. The molecule has 2 saturated carbocycles. The molecule has 3 atom stereocenters. The van der Waals surface area contributed by atoms with E-state index >= 15 is 0 Å². The van der Waals surface area contributed by atoms with Gasteiger partial charge in [0.1, 0.15) is 5.60 Å². The second-order valence-corrected chi connectivity index (χ2v) is 5.48. The molecule has 0 aromatic carbocycles. The molecule has 2 aliphatic carbocycles. The second-order valence-electron chi connectivity index (χ2n) is 5.48. The van der Waals surface area contributed by atoms with Crippen LogP contribution in [0.5, 0.6) is 0 Å². The number of carbonyl (C=O) groups is 1. The highest BCUT2D eigenvalue weighted by molar-refractivity contribution is 5.85. The minimum atomic E-state index is -0.977. The fourth-order valence-corrected chi connectivity index (χ4v) is 3.50. The summed E-state index contributed by atoms with van der Waals surface area (Å²) in [5, 5.41) is 0. The van der Waals surface area contributed by atoms with Gasteiger partial charge in [-0.1, -0.05) is 19.9 Å². The fraction of sp³-hybridized carbons (Fsp3) is 0.769. The monoisotopic (exact) mass is 226 g/mol. The van der Waals surface area contributed by atoms with Gasteiger partial charge in [-0.05, 0) is 43.9 Å². The van der Waals surface area contributed by atoms with Crippen molar-refractivity contribution in [2.75, 3.05) is 0 Å². The zero-order chi connectivity index (χ0) is 11.8. The molecule has 0 aromatic rings. The Morgan fingerprint density at radius 3 is 2.94 bits per heavy atom. The summed E-state index contributed by atoms with van der Waals surface area (Å²) in [6, 6.07) is 0. The molecular formula is C13H19FO2. The summed E-state index contributed by atoms with van der Waals surface area (Å²) in [5.41, 5.74) is -0.396. The highest BCUT2D eigenvalue weighted by atomic mass is 19.1. The Morgan fingerprint density at radius 1 is 1.50 bits per heavy atom. The van der Waals surface area contributed by atoms with Crippen LogP contribution in [0.1, 0.15) is 45.4 Å². The fourth-order valence-electron chi connectivity index (χ4n) is 3.50. The lowest BCUT2D eigenvalue weighted by atomic mass is 9.65. The average molecular weight is 226 g/mol. The summed E-state index contributed by atoms with van der Waals surface area (Å²) in [6.07, 6.45) is 6.20. The number of rotatable bonds is 2. The molecule has 0 aromatic heterocycles. The van der Waals surface area contributed by atoms with Gasteiger partial charge >= 0.3 is 5.97 Å². The molecule has 0 radical (unpaired) electrons. The number of carbonyl (C=O) groups excluding carboxylic acids is 1. The molecule has 0 N–H and O–H groups in total. The Bertz CT molecular complexity index is 309. The highest BCUT2D eigenvalue weighted by Crippen LogP contribution is 2.47. The highest BCUT2D eigenvalue weighted by Gasteiger charge is 2.45. The minimum absolute atomic E-state index is 0.396. The molecule has 0 amide bonds. The van der Waals surface area contributed by atoms with E-state index in [1.54, 1.807) is 0 Å². The van der Waals surface area contributed by atoms with Crippen molar-refractivity contribution in [3.05, 3.63) is 12.4 Å². The van der Waals surface area contributed by atoms with E-state index in [9.17, 15) is 9.18 Å². The SMILES string of the molecule is C=C(F)C(=O)OC12CCCC(CC(C)C1)C2. The average Bonchev–Trinajstić information content (AvgIpc) is 2.15. The van der Waals surface area contributed by atoms with Crippen LogP contribution in [-0.4, -0.2) is 11.6 Å². The van der Waals surface area contributed by atoms with Gasteiger partial charge in [0.05, 0.1) is 0 Å². The van der Waals surface area contributed by atoms with Crippen LogP contribution in [0.15, 0.2) is 12.4 Å². The summed E-state index contributed by atoms with van der Waals surface area (Å²) < 4.78 is 18.1. The quantitative estimate of drug-likeness (QED) is 0.533. The molecular weight excluding hydrogens is 207 g/mol. The smallest absolute Gasteiger partial charge is 0.367 e. The van der Waals surface area contributed by atoms with Crippen molar-refractivity contribution in [3.63, 3.8) is 0 Å². The first-order valence-corrected chi connectivity index (χ1v) is 6.08. The van der Waals surface area contributed by atoms with E-state index < -0.39 is 17.4 Å². The maximum absolute atomic E-state index is 12.7. The lowest BCUT2D eigenvalue weighted by molar-refractivity contribution is -0.169. The van der Waals surface area contributed by atoms with Crippen LogP contribution in [0.25, 0.3) is 0 Å². The maximum atomic E-state index is 12.7. The predicted molar refractivity (Wildman–Crippen MR) is 59.4 cm³/mol. The Labute approximate surface area is 95.9 Å². The minimum Gasteiger partial charge on any atom is -0.454 e. The van der Waals surface area contributed by atoms with Gasteiger partial charge in [0, 0.05) is 0 Å². The summed E-state index contributed by atoms with van der Waals surface area (Å²) in [6.45, 7) is 5.19. The van der Waals surface area contributed by atoms with Crippen molar-refractivity contribution >= 4 is 5.97 Å². The lowest BCUT2D eigenvalue weighted by Gasteiger charge is -2.46. The summed E-state index contributed by atoms with van der Waals surface area (Å²) >= 11 is 0. The van der Waals surface area contributed by atoms with Gasteiger partial charge in [-0.2, -0.15) is 4.39 Å². The van der Waals surface area contributed by atoms with Crippen molar-refractivity contribution < 1.29 is 13.9 Å². The Kier molecular flexibility index (Phi) is 3.04. The van der Waals surface area contributed by atoms with Gasteiger partial charge in [-0.15, -0.1) is 0 Å². The summed E-state index contributed by atoms with van der Waals surface area (Å²) in [5.74, 6) is -0.623.